The molecule has 0 saturated carbocycles. The lowest BCUT2D eigenvalue weighted by Crippen LogP contribution is -2.40. The van der Waals surface area contributed by atoms with Gasteiger partial charge in [0.1, 0.15) is 0 Å². The standard InChI is InChI=1S/C14H21NO/c1-9-7-11(3)12(8-10(9)2)13(16)15-14(4,5)6/h7-8H,1-6H3,(H,15,16). The first-order valence-electron chi connectivity index (χ1n) is 5.61. The summed E-state index contributed by atoms with van der Waals surface area (Å²) in [6.07, 6.45) is 0. The van der Waals surface area contributed by atoms with E-state index in [9.17, 15) is 4.79 Å². The summed E-state index contributed by atoms with van der Waals surface area (Å²) in [5.74, 6) is 0.00750. The van der Waals surface area contributed by atoms with E-state index in [1.54, 1.807) is 0 Å². The van der Waals surface area contributed by atoms with E-state index < -0.39 is 0 Å². The van der Waals surface area contributed by atoms with Crippen LogP contribution in [0, 0.1) is 20.8 Å². The molecule has 0 aliphatic heterocycles. The summed E-state index contributed by atoms with van der Waals surface area (Å²) in [5.41, 5.74) is 4.00. The van der Waals surface area contributed by atoms with E-state index in [1.807, 2.05) is 40.7 Å². The maximum Gasteiger partial charge on any atom is 0.251 e. The fraction of sp³-hybridized carbons (Fsp3) is 0.500. The molecular weight excluding hydrogens is 198 g/mol. The second-order valence-electron chi connectivity index (χ2n) is 5.46. The molecule has 0 saturated heterocycles. The second-order valence-corrected chi connectivity index (χ2v) is 5.46. The predicted octanol–water partition coefficient (Wildman–Crippen LogP) is 3.14. The van der Waals surface area contributed by atoms with Gasteiger partial charge in [-0.15, -0.1) is 0 Å². The van der Waals surface area contributed by atoms with Crippen LogP contribution in [0.25, 0.3) is 0 Å². The Balaban J connectivity index is 3.05. The topological polar surface area (TPSA) is 29.1 Å². The van der Waals surface area contributed by atoms with Gasteiger partial charge in [-0.3, -0.25) is 4.79 Å². The van der Waals surface area contributed by atoms with Crippen LogP contribution in [0.3, 0.4) is 0 Å². The molecular formula is C14H21NO. The van der Waals surface area contributed by atoms with Crippen LogP contribution in [-0.2, 0) is 0 Å². The molecule has 0 aromatic heterocycles. The van der Waals surface area contributed by atoms with Gasteiger partial charge < -0.3 is 5.32 Å². The molecule has 0 heterocycles. The van der Waals surface area contributed by atoms with Gasteiger partial charge in [-0.05, 0) is 64.3 Å². The average molecular weight is 219 g/mol. The third kappa shape index (κ3) is 3.09. The molecule has 1 amide bonds. The lowest BCUT2D eigenvalue weighted by Gasteiger charge is -2.21. The van der Waals surface area contributed by atoms with Gasteiger partial charge in [0.25, 0.3) is 5.91 Å². The summed E-state index contributed by atoms with van der Waals surface area (Å²) in [7, 11) is 0. The van der Waals surface area contributed by atoms with Crippen molar-refractivity contribution >= 4 is 5.91 Å². The molecule has 88 valence electrons. The normalized spacial score (nSPS) is 11.4. The van der Waals surface area contributed by atoms with Crippen LogP contribution < -0.4 is 5.32 Å². The molecule has 0 atom stereocenters. The summed E-state index contributed by atoms with van der Waals surface area (Å²) in [5, 5.41) is 2.98. The van der Waals surface area contributed by atoms with Crippen molar-refractivity contribution in [3.05, 3.63) is 34.4 Å². The van der Waals surface area contributed by atoms with E-state index in [0.717, 1.165) is 16.7 Å². The van der Waals surface area contributed by atoms with Gasteiger partial charge in [0.05, 0.1) is 0 Å². The van der Waals surface area contributed by atoms with Crippen molar-refractivity contribution in [2.45, 2.75) is 47.1 Å². The van der Waals surface area contributed by atoms with E-state index >= 15 is 0 Å². The minimum absolute atomic E-state index is 0.00750. The van der Waals surface area contributed by atoms with E-state index in [-0.39, 0.29) is 11.4 Å². The summed E-state index contributed by atoms with van der Waals surface area (Å²) < 4.78 is 0. The number of amides is 1. The zero-order valence-electron chi connectivity index (χ0n) is 11.1. The summed E-state index contributed by atoms with van der Waals surface area (Å²) in [4.78, 5) is 12.0. The SMILES string of the molecule is Cc1cc(C)c(C(=O)NC(C)(C)C)cc1C. The Labute approximate surface area is 98.1 Å². The molecule has 0 fully saturated rings. The van der Waals surface area contributed by atoms with E-state index in [1.165, 1.54) is 5.56 Å². The van der Waals surface area contributed by atoms with Crippen molar-refractivity contribution in [3.63, 3.8) is 0 Å². The molecule has 1 N–H and O–H groups in total. The van der Waals surface area contributed by atoms with Crippen LogP contribution in [0.2, 0.25) is 0 Å². The molecule has 2 heteroatoms. The van der Waals surface area contributed by atoms with Gasteiger partial charge in [0.15, 0.2) is 0 Å². The minimum atomic E-state index is -0.192. The quantitative estimate of drug-likeness (QED) is 0.772. The number of hydrogen-bond acceptors (Lipinski definition) is 1. The Morgan fingerprint density at radius 2 is 1.50 bits per heavy atom. The first kappa shape index (κ1) is 12.8. The molecule has 0 radical (unpaired) electrons. The first-order chi connectivity index (χ1) is 7.20. The number of benzene rings is 1. The van der Waals surface area contributed by atoms with Crippen LogP contribution in [0.5, 0.6) is 0 Å². The maximum atomic E-state index is 12.0. The molecule has 16 heavy (non-hydrogen) atoms. The van der Waals surface area contributed by atoms with Crippen LogP contribution in [0.15, 0.2) is 12.1 Å². The van der Waals surface area contributed by atoms with Crippen molar-refractivity contribution in [2.24, 2.45) is 0 Å². The molecule has 1 aromatic rings. The molecule has 1 rings (SSSR count). The summed E-state index contributed by atoms with van der Waals surface area (Å²) >= 11 is 0. The Kier molecular flexibility index (Phi) is 3.41. The number of rotatable bonds is 1. The van der Waals surface area contributed by atoms with Gasteiger partial charge in [0, 0.05) is 11.1 Å². The van der Waals surface area contributed by atoms with Crippen molar-refractivity contribution in [3.8, 4) is 0 Å². The zero-order valence-corrected chi connectivity index (χ0v) is 11.1. The lowest BCUT2D eigenvalue weighted by molar-refractivity contribution is 0.0919. The van der Waals surface area contributed by atoms with E-state index in [2.05, 4.69) is 18.3 Å². The predicted molar refractivity (Wildman–Crippen MR) is 67.9 cm³/mol. The molecule has 0 aliphatic rings. The molecule has 2 nitrogen and oxygen atoms in total. The smallest absolute Gasteiger partial charge is 0.251 e. The minimum Gasteiger partial charge on any atom is -0.347 e. The van der Waals surface area contributed by atoms with E-state index in [4.69, 9.17) is 0 Å². The molecule has 0 spiro atoms. The second kappa shape index (κ2) is 4.28. The lowest BCUT2D eigenvalue weighted by atomic mass is 9.99. The highest BCUT2D eigenvalue weighted by atomic mass is 16.1. The largest absolute Gasteiger partial charge is 0.347 e. The third-order valence-electron chi connectivity index (χ3n) is 2.57. The number of nitrogens with one attached hydrogen (secondary N) is 1. The Hall–Kier alpha value is -1.31. The summed E-state index contributed by atoms with van der Waals surface area (Å²) in [6.45, 7) is 12.0. The fourth-order valence-corrected chi connectivity index (χ4v) is 1.61. The Morgan fingerprint density at radius 3 is 2.00 bits per heavy atom. The fourth-order valence-electron chi connectivity index (χ4n) is 1.61. The van der Waals surface area contributed by atoms with Gasteiger partial charge in [-0.1, -0.05) is 6.07 Å². The van der Waals surface area contributed by atoms with Crippen molar-refractivity contribution < 1.29 is 4.79 Å². The Morgan fingerprint density at radius 1 is 1.00 bits per heavy atom. The molecule has 0 unspecified atom stereocenters. The Bertz CT molecular complexity index is 413. The number of carbonyl (C=O) groups is 1. The van der Waals surface area contributed by atoms with Crippen LogP contribution in [0.1, 0.15) is 47.8 Å². The molecule has 0 aliphatic carbocycles. The van der Waals surface area contributed by atoms with Crippen molar-refractivity contribution in [1.29, 1.82) is 0 Å². The first-order valence-corrected chi connectivity index (χ1v) is 5.61. The summed E-state index contributed by atoms with van der Waals surface area (Å²) in [6, 6.07) is 4.03. The zero-order chi connectivity index (χ0) is 12.5. The van der Waals surface area contributed by atoms with Gasteiger partial charge in [-0.2, -0.15) is 0 Å². The molecule has 0 bridgehead atoms. The van der Waals surface area contributed by atoms with Gasteiger partial charge in [0.2, 0.25) is 0 Å². The van der Waals surface area contributed by atoms with Crippen molar-refractivity contribution in [2.75, 3.05) is 0 Å². The monoisotopic (exact) mass is 219 g/mol. The molecule has 1 aromatic carbocycles. The number of carbonyl (C=O) groups excluding carboxylic acids is 1. The third-order valence-corrected chi connectivity index (χ3v) is 2.57. The highest BCUT2D eigenvalue weighted by Crippen LogP contribution is 2.16. The average Bonchev–Trinajstić information content (AvgIpc) is 2.08. The van der Waals surface area contributed by atoms with Gasteiger partial charge in [-0.25, -0.2) is 0 Å². The number of hydrogen-bond donors (Lipinski definition) is 1. The van der Waals surface area contributed by atoms with Crippen LogP contribution in [0.4, 0.5) is 0 Å². The van der Waals surface area contributed by atoms with Crippen molar-refractivity contribution in [1.82, 2.24) is 5.32 Å². The van der Waals surface area contributed by atoms with Crippen LogP contribution in [-0.4, -0.2) is 11.4 Å². The van der Waals surface area contributed by atoms with Crippen LogP contribution >= 0.6 is 0 Å². The highest BCUT2D eigenvalue weighted by molar-refractivity contribution is 5.96. The van der Waals surface area contributed by atoms with E-state index in [0.29, 0.717) is 0 Å². The highest BCUT2D eigenvalue weighted by Gasteiger charge is 2.17. The maximum absolute atomic E-state index is 12.0. The van der Waals surface area contributed by atoms with Gasteiger partial charge >= 0.3 is 0 Å². The number of aryl methyl sites for hydroxylation is 3.